The van der Waals surface area contributed by atoms with E-state index < -0.39 is 10.0 Å². The number of piperidine rings is 1. The van der Waals surface area contributed by atoms with Gasteiger partial charge in [0.1, 0.15) is 5.78 Å². The number of aromatic nitrogens is 1. The number of nitrogens with one attached hydrogen (secondary N) is 1. The largest absolute Gasteiger partial charge is 0.338 e. The molecule has 0 unspecified atom stereocenters. The van der Waals surface area contributed by atoms with Crippen LogP contribution in [-0.4, -0.2) is 42.6 Å². The van der Waals surface area contributed by atoms with Gasteiger partial charge in [0.2, 0.25) is 5.91 Å². The van der Waals surface area contributed by atoms with Gasteiger partial charge in [-0.1, -0.05) is 17.7 Å². The number of sulfonamides is 1. The quantitative estimate of drug-likeness (QED) is 0.772. The molecule has 1 aliphatic carbocycles. The molecular formula is C18H18ClN3O4S2. The predicted molar refractivity (Wildman–Crippen MR) is 106 cm³/mol. The standard InChI is InChI=1S/C18H18ClN3O4S2/c1-10-14(19)3-2-4-16(10)28(25,26)21-18-20-12(9-27-18)6-17(24)22-8-11-5-13(22)7-15(11)23/h2-4,9,11,13H,5-8H2,1H3,(H,20,21)/t11-,13-/m1/s1. The van der Waals surface area contributed by atoms with Crippen molar-refractivity contribution < 1.29 is 18.0 Å². The number of anilines is 1. The van der Waals surface area contributed by atoms with Gasteiger partial charge in [0, 0.05) is 35.3 Å². The van der Waals surface area contributed by atoms with Crippen LogP contribution in [0, 0.1) is 12.8 Å². The Morgan fingerprint density at radius 2 is 2.21 bits per heavy atom. The first-order chi connectivity index (χ1) is 13.2. The summed E-state index contributed by atoms with van der Waals surface area (Å²) in [5, 5.41) is 2.23. The van der Waals surface area contributed by atoms with Crippen LogP contribution >= 0.6 is 22.9 Å². The smallest absolute Gasteiger partial charge is 0.263 e. The molecule has 0 spiro atoms. The minimum Gasteiger partial charge on any atom is -0.338 e. The van der Waals surface area contributed by atoms with E-state index in [9.17, 15) is 18.0 Å². The number of amides is 1. The fraction of sp³-hybridized carbons (Fsp3) is 0.389. The van der Waals surface area contributed by atoms with Crippen LogP contribution in [0.1, 0.15) is 24.1 Å². The molecule has 2 aliphatic rings. The van der Waals surface area contributed by atoms with Crippen molar-refractivity contribution in [2.24, 2.45) is 5.92 Å². The Balaban J connectivity index is 1.44. The molecule has 1 amide bonds. The van der Waals surface area contributed by atoms with E-state index in [2.05, 4.69) is 9.71 Å². The fourth-order valence-electron chi connectivity index (χ4n) is 3.79. The van der Waals surface area contributed by atoms with Crippen LogP contribution in [0.3, 0.4) is 0 Å². The van der Waals surface area contributed by atoms with Gasteiger partial charge in [-0.25, -0.2) is 13.4 Å². The lowest BCUT2D eigenvalue weighted by atomic mass is 10.1. The van der Waals surface area contributed by atoms with Crippen molar-refractivity contribution in [1.29, 1.82) is 0 Å². The number of halogens is 1. The second-order valence-electron chi connectivity index (χ2n) is 7.09. The molecular weight excluding hydrogens is 422 g/mol. The maximum Gasteiger partial charge on any atom is 0.263 e. The number of nitrogens with zero attached hydrogens (tertiary/aromatic N) is 2. The molecule has 1 aliphatic heterocycles. The molecule has 148 valence electrons. The van der Waals surface area contributed by atoms with Gasteiger partial charge < -0.3 is 4.90 Å². The summed E-state index contributed by atoms with van der Waals surface area (Å²) in [6.45, 7) is 2.12. The third-order valence-electron chi connectivity index (χ3n) is 5.24. The van der Waals surface area contributed by atoms with Crippen LogP contribution in [0.15, 0.2) is 28.5 Å². The SMILES string of the molecule is Cc1c(Cl)cccc1S(=O)(=O)Nc1nc(CC(=O)N2C[C@H]3C[C@@H]2CC3=O)cs1. The van der Waals surface area contributed by atoms with Gasteiger partial charge in [0.05, 0.1) is 17.0 Å². The molecule has 4 rings (SSSR count). The molecule has 10 heteroatoms. The summed E-state index contributed by atoms with van der Waals surface area (Å²) < 4.78 is 27.7. The monoisotopic (exact) mass is 439 g/mol. The van der Waals surface area contributed by atoms with Gasteiger partial charge in [-0.3, -0.25) is 14.3 Å². The number of Topliss-reactive ketones (excluding diaryl/α,β-unsaturated/α-hetero) is 1. The highest BCUT2D eigenvalue weighted by Gasteiger charge is 2.45. The first kappa shape index (κ1) is 19.4. The number of benzene rings is 1. The van der Waals surface area contributed by atoms with E-state index in [0.29, 0.717) is 29.2 Å². The molecule has 1 N–H and O–H groups in total. The third kappa shape index (κ3) is 3.54. The van der Waals surface area contributed by atoms with Crippen molar-refractivity contribution in [3.8, 4) is 0 Å². The van der Waals surface area contributed by atoms with Gasteiger partial charge >= 0.3 is 0 Å². The maximum absolute atomic E-state index is 12.6. The first-order valence-corrected chi connectivity index (χ1v) is 11.5. The van der Waals surface area contributed by atoms with Crippen molar-refractivity contribution in [2.75, 3.05) is 11.3 Å². The highest BCUT2D eigenvalue weighted by molar-refractivity contribution is 7.93. The number of hydrogen-bond acceptors (Lipinski definition) is 6. The molecule has 1 saturated carbocycles. The lowest BCUT2D eigenvalue weighted by Gasteiger charge is -2.26. The van der Waals surface area contributed by atoms with Crippen molar-refractivity contribution in [3.05, 3.63) is 39.9 Å². The van der Waals surface area contributed by atoms with Crippen LogP contribution in [0.25, 0.3) is 0 Å². The molecule has 28 heavy (non-hydrogen) atoms. The fourth-order valence-corrected chi connectivity index (χ4v) is 6.25. The van der Waals surface area contributed by atoms with Crippen LogP contribution in [0.2, 0.25) is 5.02 Å². The van der Waals surface area contributed by atoms with Crippen molar-refractivity contribution in [2.45, 2.75) is 37.1 Å². The van der Waals surface area contributed by atoms with E-state index in [1.165, 1.54) is 6.07 Å². The van der Waals surface area contributed by atoms with Gasteiger partial charge in [-0.2, -0.15) is 0 Å². The Hall–Kier alpha value is -1.97. The van der Waals surface area contributed by atoms with E-state index in [1.54, 1.807) is 29.3 Å². The Morgan fingerprint density at radius 1 is 1.43 bits per heavy atom. The molecule has 7 nitrogen and oxygen atoms in total. The molecule has 0 radical (unpaired) electrons. The molecule has 2 fully saturated rings. The molecule has 2 heterocycles. The van der Waals surface area contributed by atoms with Crippen LogP contribution in [0.4, 0.5) is 5.13 Å². The van der Waals surface area contributed by atoms with Gasteiger partial charge in [-0.05, 0) is 31.0 Å². The summed E-state index contributed by atoms with van der Waals surface area (Å²) in [7, 11) is -3.83. The Bertz CT molecular complexity index is 1070. The number of likely N-dealkylation sites (tertiary alicyclic amines) is 1. The molecule has 1 saturated heterocycles. The second-order valence-corrected chi connectivity index (χ2v) is 10.0. The van der Waals surface area contributed by atoms with E-state index in [-0.39, 0.29) is 40.1 Å². The van der Waals surface area contributed by atoms with Crippen LogP contribution in [-0.2, 0) is 26.0 Å². The minimum absolute atomic E-state index is 0.00686. The van der Waals surface area contributed by atoms with Gasteiger partial charge in [-0.15, -0.1) is 11.3 Å². The minimum atomic E-state index is -3.83. The van der Waals surface area contributed by atoms with Crippen molar-refractivity contribution in [1.82, 2.24) is 9.88 Å². The topological polar surface area (TPSA) is 96.4 Å². The third-order valence-corrected chi connectivity index (χ3v) is 8.07. The van der Waals surface area contributed by atoms with Crippen LogP contribution in [0.5, 0.6) is 0 Å². The Labute approximate surface area is 171 Å². The number of ketones is 1. The highest BCUT2D eigenvalue weighted by atomic mass is 35.5. The van der Waals surface area contributed by atoms with E-state index in [4.69, 9.17) is 11.6 Å². The average Bonchev–Trinajstić information content (AvgIpc) is 3.32. The number of carbonyl (C=O) groups is 2. The summed E-state index contributed by atoms with van der Waals surface area (Å²) in [5.74, 6) is 0.147. The second kappa shape index (κ2) is 7.13. The van der Waals surface area contributed by atoms with Crippen molar-refractivity contribution in [3.63, 3.8) is 0 Å². The maximum atomic E-state index is 12.6. The summed E-state index contributed by atoms with van der Waals surface area (Å²) >= 11 is 7.14. The molecule has 2 aromatic rings. The van der Waals surface area contributed by atoms with Gasteiger partial charge in [0.25, 0.3) is 10.0 Å². The number of thiazole rings is 1. The van der Waals surface area contributed by atoms with Crippen LogP contribution < -0.4 is 4.72 Å². The van der Waals surface area contributed by atoms with E-state index in [1.807, 2.05) is 0 Å². The number of fused-ring (bicyclic) bond motifs is 2. The van der Waals surface area contributed by atoms with Gasteiger partial charge in [0.15, 0.2) is 5.13 Å². The highest BCUT2D eigenvalue weighted by Crippen LogP contribution is 2.35. The predicted octanol–water partition coefficient (Wildman–Crippen LogP) is 2.64. The lowest BCUT2D eigenvalue weighted by Crippen LogP contribution is -2.41. The zero-order chi connectivity index (χ0) is 20.1. The zero-order valence-corrected chi connectivity index (χ0v) is 17.4. The number of hydrogen-bond donors (Lipinski definition) is 1. The normalized spacial score (nSPS) is 21.4. The zero-order valence-electron chi connectivity index (χ0n) is 15.0. The lowest BCUT2D eigenvalue weighted by molar-refractivity contribution is -0.134. The van der Waals surface area contributed by atoms with E-state index >= 15 is 0 Å². The average molecular weight is 440 g/mol. The number of carbonyl (C=O) groups excluding carboxylic acids is 2. The summed E-state index contributed by atoms with van der Waals surface area (Å²) in [5.41, 5.74) is 0.965. The molecule has 2 bridgehead atoms. The first-order valence-electron chi connectivity index (χ1n) is 8.79. The summed E-state index contributed by atoms with van der Waals surface area (Å²) in [4.78, 5) is 30.3. The summed E-state index contributed by atoms with van der Waals surface area (Å²) in [6.07, 6.45) is 1.29. The number of rotatable bonds is 5. The Kier molecular flexibility index (Phi) is 4.93. The van der Waals surface area contributed by atoms with E-state index in [0.717, 1.165) is 17.8 Å². The van der Waals surface area contributed by atoms with Crippen molar-refractivity contribution >= 4 is 49.8 Å². The summed E-state index contributed by atoms with van der Waals surface area (Å²) in [6, 6.07) is 4.68. The molecule has 2 atom stereocenters. The molecule has 1 aromatic heterocycles. The molecule has 1 aromatic carbocycles. The Morgan fingerprint density at radius 3 is 2.89 bits per heavy atom.